The molecule has 42 heavy (non-hydrogen) atoms. The first-order valence-corrected chi connectivity index (χ1v) is 15.3. The van der Waals surface area contributed by atoms with Crippen LogP contribution < -0.4 is 15.1 Å². The Morgan fingerprint density at radius 1 is 0.881 bits per heavy atom. The minimum atomic E-state index is -0.729. The van der Waals surface area contributed by atoms with Gasteiger partial charge in [-0.05, 0) is 73.0 Å². The van der Waals surface area contributed by atoms with Crippen molar-refractivity contribution in [2.45, 2.75) is 58.4 Å². The lowest BCUT2D eigenvalue weighted by Gasteiger charge is -2.25. The van der Waals surface area contributed by atoms with Crippen molar-refractivity contribution in [1.82, 2.24) is 0 Å². The van der Waals surface area contributed by atoms with Crippen molar-refractivity contribution >= 4 is 44.5 Å². The second-order valence-corrected chi connectivity index (χ2v) is 11.3. The predicted octanol–water partition coefficient (Wildman–Crippen LogP) is 8.22. The van der Waals surface area contributed by atoms with Crippen LogP contribution >= 0.6 is 15.9 Å². The zero-order chi connectivity index (χ0) is 29.6. The van der Waals surface area contributed by atoms with Gasteiger partial charge in [0.15, 0.2) is 5.43 Å². The summed E-state index contributed by atoms with van der Waals surface area (Å²) in [6.07, 6.45) is 6.18. The number of unbranched alkanes of at least 4 members (excludes halogenated alkanes) is 4. The van der Waals surface area contributed by atoms with E-state index >= 15 is 0 Å². The number of fused-ring (bicyclic) bond motifs is 2. The fourth-order valence-electron chi connectivity index (χ4n) is 5.14. The van der Waals surface area contributed by atoms with Gasteiger partial charge < -0.3 is 13.9 Å². The molecule has 0 spiro atoms. The number of ether oxygens (including phenoxy) is 2. The molecule has 0 bridgehead atoms. The standard InChI is InChI=1S/C34H34BrNO6/c1-3-5-7-8-20-40-26-16-11-22(12-17-26)30-29-31(37)27-21-24(35)13-18-28(27)42-32(29)33(38)36(30)25-14-9-23(10-15-25)34(39)41-19-6-4-2/h9-18,21,30H,3-8,19-20H2,1-2H3. The summed E-state index contributed by atoms with van der Waals surface area (Å²) in [5, 5.41) is 0.389. The highest BCUT2D eigenvalue weighted by Crippen LogP contribution is 2.41. The highest BCUT2D eigenvalue weighted by molar-refractivity contribution is 9.10. The van der Waals surface area contributed by atoms with E-state index in [1.807, 2.05) is 31.2 Å². The maximum Gasteiger partial charge on any atom is 0.338 e. The number of hydrogen-bond acceptors (Lipinski definition) is 6. The monoisotopic (exact) mass is 631 g/mol. The van der Waals surface area contributed by atoms with Crippen molar-refractivity contribution < 1.29 is 23.5 Å². The summed E-state index contributed by atoms with van der Waals surface area (Å²) in [5.74, 6) is -0.0983. The number of halogens is 1. The highest BCUT2D eigenvalue weighted by atomic mass is 79.9. The van der Waals surface area contributed by atoms with Crippen LogP contribution in [0.5, 0.6) is 5.75 Å². The van der Waals surface area contributed by atoms with Crippen LogP contribution in [0, 0.1) is 0 Å². The summed E-state index contributed by atoms with van der Waals surface area (Å²) in [6, 6.07) is 18.6. The molecule has 1 amide bonds. The van der Waals surface area contributed by atoms with Crippen molar-refractivity contribution in [3.8, 4) is 5.75 Å². The number of carbonyl (C=O) groups excluding carboxylic acids is 2. The zero-order valence-corrected chi connectivity index (χ0v) is 25.4. The zero-order valence-electron chi connectivity index (χ0n) is 23.9. The predicted molar refractivity (Wildman–Crippen MR) is 167 cm³/mol. The van der Waals surface area contributed by atoms with Crippen LogP contribution in [0.4, 0.5) is 5.69 Å². The highest BCUT2D eigenvalue weighted by Gasteiger charge is 2.43. The summed E-state index contributed by atoms with van der Waals surface area (Å²) in [7, 11) is 0. The SMILES string of the molecule is CCCCCCOc1ccc(C2c3c(oc4ccc(Br)cc4c3=O)C(=O)N2c2ccc(C(=O)OCCCC)cc2)cc1. The van der Waals surface area contributed by atoms with Gasteiger partial charge in [-0.2, -0.15) is 0 Å². The smallest absolute Gasteiger partial charge is 0.338 e. The number of hydrogen-bond donors (Lipinski definition) is 0. The van der Waals surface area contributed by atoms with Gasteiger partial charge in [0, 0.05) is 10.2 Å². The van der Waals surface area contributed by atoms with Crippen molar-refractivity contribution in [2.24, 2.45) is 0 Å². The molecule has 0 N–H and O–H groups in total. The number of esters is 1. The molecule has 1 atom stereocenters. The lowest BCUT2D eigenvalue weighted by molar-refractivity contribution is 0.0499. The number of carbonyl (C=O) groups is 2. The van der Waals surface area contributed by atoms with Crippen molar-refractivity contribution in [3.05, 3.63) is 104 Å². The largest absolute Gasteiger partial charge is 0.494 e. The third-order valence-corrected chi connectivity index (χ3v) is 7.90. The van der Waals surface area contributed by atoms with E-state index in [-0.39, 0.29) is 16.8 Å². The third kappa shape index (κ3) is 6.14. The first-order chi connectivity index (χ1) is 20.4. The summed E-state index contributed by atoms with van der Waals surface area (Å²) >= 11 is 3.44. The average Bonchev–Trinajstić information content (AvgIpc) is 3.30. The Labute approximate surface area is 253 Å². The van der Waals surface area contributed by atoms with Crippen LogP contribution in [0.15, 0.2) is 80.4 Å². The van der Waals surface area contributed by atoms with Crippen LogP contribution in [0.3, 0.4) is 0 Å². The Morgan fingerprint density at radius 3 is 2.33 bits per heavy atom. The molecule has 218 valence electrons. The van der Waals surface area contributed by atoms with Gasteiger partial charge in [0.25, 0.3) is 5.91 Å². The van der Waals surface area contributed by atoms with E-state index in [1.54, 1.807) is 47.4 Å². The van der Waals surface area contributed by atoms with Crippen LogP contribution in [0.25, 0.3) is 11.0 Å². The summed E-state index contributed by atoms with van der Waals surface area (Å²) in [5.41, 5.74) is 2.02. The second-order valence-electron chi connectivity index (χ2n) is 10.4. The van der Waals surface area contributed by atoms with Crippen molar-refractivity contribution in [3.63, 3.8) is 0 Å². The maximum atomic E-state index is 13.9. The number of anilines is 1. The van der Waals surface area contributed by atoms with E-state index in [9.17, 15) is 14.4 Å². The van der Waals surface area contributed by atoms with Gasteiger partial charge >= 0.3 is 5.97 Å². The van der Waals surface area contributed by atoms with Gasteiger partial charge in [-0.15, -0.1) is 0 Å². The second kappa shape index (κ2) is 13.4. The molecule has 0 fully saturated rings. The van der Waals surface area contributed by atoms with Crippen LogP contribution in [0.1, 0.15) is 90.5 Å². The molecular formula is C34H34BrNO6. The van der Waals surface area contributed by atoms with Gasteiger partial charge in [0.1, 0.15) is 11.3 Å². The maximum absolute atomic E-state index is 13.9. The Bertz CT molecular complexity index is 1630. The molecule has 0 saturated heterocycles. The van der Waals surface area contributed by atoms with Crippen molar-refractivity contribution in [2.75, 3.05) is 18.1 Å². The van der Waals surface area contributed by atoms with E-state index in [1.165, 1.54) is 12.8 Å². The average molecular weight is 633 g/mol. The van der Waals surface area contributed by atoms with E-state index in [2.05, 4.69) is 22.9 Å². The lowest BCUT2D eigenvalue weighted by Crippen LogP contribution is -2.29. The van der Waals surface area contributed by atoms with Gasteiger partial charge in [0.2, 0.25) is 5.76 Å². The summed E-state index contributed by atoms with van der Waals surface area (Å²) in [6.45, 7) is 5.19. The Morgan fingerprint density at radius 2 is 1.62 bits per heavy atom. The molecular weight excluding hydrogens is 598 g/mol. The topological polar surface area (TPSA) is 86.0 Å². The molecule has 1 aliphatic rings. The molecule has 8 heteroatoms. The van der Waals surface area contributed by atoms with E-state index in [0.717, 1.165) is 41.5 Å². The first-order valence-electron chi connectivity index (χ1n) is 14.5. The minimum Gasteiger partial charge on any atom is -0.494 e. The normalized spacial score (nSPS) is 14.3. The Hall–Kier alpha value is -3.91. The lowest BCUT2D eigenvalue weighted by atomic mass is 9.98. The molecule has 1 aromatic heterocycles. The van der Waals surface area contributed by atoms with Crippen molar-refractivity contribution in [1.29, 1.82) is 0 Å². The fourth-order valence-corrected chi connectivity index (χ4v) is 5.50. The molecule has 0 aliphatic carbocycles. The van der Waals surface area contributed by atoms with Gasteiger partial charge in [-0.3, -0.25) is 14.5 Å². The number of amides is 1. The molecule has 3 aromatic carbocycles. The molecule has 4 aromatic rings. The van der Waals surface area contributed by atoms with E-state index in [0.29, 0.717) is 35.4 Å². The molecule has 1 unspecified atom stereocenters. The minimum absolute atomic E-state index is 0.0131. The first kappa shape index (κ1) is 29.6. The van der Waals surface area contributed by atoms with E-state index in [4.69, 9.17) is 13.9 Å². The molecule has 5 rings (SSSR count). The Balaban J connectivity index is 1.51. The summed E-state index contributed by atoms with van der Waals surface area (Å²) in [4.78, 5) is 41.8. The number of benzene rings is 3. The van der Waals surface area contributed by atoms with Crippen LogP contribution in [0.2, 0.25) is 0 Å². The Kier molecular flexibility index (Phi) is 9.42. The quantitative estimate of drug-likeness (QED) is 0.116. The fraction of sp³-hybridized carbons (Fsp3) is 0.324. The van der Waals surface area contributed by atoms with Gasteiger partial charge in [0.05, 0.1) is 35.8 Å². The summed E-state index contributed by atoms with van der Waals surface area (Å²) < 4.78 is 18.1. The van der Waals surface area contributed by atoms with Crippen LogP contribution in [-0.2, 0) is 4.74 Å². The molecule has 0 radical (unpaired) electrons. The van der Waals surface area contributed by atoms with Gasteiger partial charge in [-0.1, -0.05) is 67.6 Å². The van der Waals surface area contributed by atoms with E-state index < -0.39 is 17.9 Å². The molecule has 2 heterocycles. The van der Waals surface area contributed by atoms with Crippen LogP contribution in [-0.4, -0.2) is 25.1 Å². The number of nitrogens with zero attached hydrogens (tertiary/aromatic N) is 1. The number of rotatable bonds is 12. The van der Waals surface area contributed by atoms with Gasteiger partial charge in [-0.25, -0.2) is 4.79 Å². The third-order valence-electron chi connectivity index (χ3n) is 7.41. The molecule has 7 nitrogen and oxygen atoms in total. The molecule has 1 aliphatic heterocycles. The molecule has 0 saturated carbocycles.